The summed E-state index contributed by atoms with van der Waals surface area (Å²) >= 11 is 0. The van der Waals surface area contributed by atoms with Gasteiger partial charge in [-0.15, -0.1) is 0 Å². The quantitative estimate of drug-likeness (QED) is 0.371. The average Bonchev–Trinajstić information content (AvgIpc) is 3.14. The number of likely N-dealkylation sites (N-methyl/N-ethyl adjacent to an activating group) is 1. The summed E-state index contributed by atoms with van der Waals surface area (Å²) in [6.07, 6.45) is -4.63. The highest BCUT2D eigenvalue weighted by molar-refractivity contribution is 5.75. The van der Waals surface area contributed by atoms with E-state index in [1.54, 1.807) is 0 Å². The zero-order valence-electron chi connectivity index (χ0n) is 14.8. The predicted octanol–water partition coefficient (Wildman–Crippen LogP) is -2.93. The summed E-state index contributed by atoms with van der Waals surface area (Å²) in [5, 5.41) is 30.0. The molecule has 2 saturated heterocycles. The largest absolute Gasteiger partial charge is 0.394 e. The Hall–Kier alpha value is -2.25. The highest BCUT2D eigenvalue weighted by Gasteiger charge is 2.45. The monoisotopic (exact) mass is 381 g/mol. The van der Waals surface area contributed by atoms with Crippen molar-refractivity contribution < 1.29 is 20.1 Å². The fourth-order valence-electron chi connectivity index (χ4n) is 3.55. The second-order valence-corrected chi connectivity index (χ2v) is 6.92. The molecule has 148 valence electrons. The number of hydrogen-bond acceptors (Lipinski definition) is 10. The third-order valence-corrected chi connectivity index (χ3v) is 5.11. The van der Waals surface area contributed by atoms with E-state index in [0.29, 0.717) is 19.0 Å². The number of hydrogen-bond donors (Lipinski definition) is 5. The minimum Gasteiger partial charge on any atom is -0.394 e. The molecule has 0 radical (unpaired) electrons. The van der Waals surface area contributed by atoms with E-state index >= 15 is 0 Å². The Balaban J connectivity index is 1.86. The first-order valence-corrected chi connectivity index (χ1v) is 8.74. The predicted molar refractivity (Wildman–Crippen MR) is 95.3 cm³/mol. The molecule has 2 aromatic rings. The maximum absolute atomic E-state index is 12.3. The fourth-order valence-corrected chi connectivity index (χ4v) is 3.55. The smallest absolute Gasteiger partial charge is 0.280 e. The lowest BCUT2D eigenvalue weighted by atomic mass is 10.1. The molecule has 4 heterocycles. The Bertz CT molecular complexity index is 891. The molecule has 2 aromatic heterocycles. The van der Waals surface area contributed by atoms with Crippen molar-refractivity contribution in [3.63, 3.8) is 0 Å². The van der Waals surface area contributed by atoms with E-state index in [0.717, 1.165) is 13.1 Å². The van der Waals surface area contributed by atoms with Crippen molar-refractivity contribution in [2.45, 2.75) is 24.5 Å². The molecule has 0 aromatic carbocycles. The minimum absolute atomic E-state index is 0.0656. The van der Waals surface area contributed by atoms with Crippen molar-refractivity contribution in [3.05, 3.63) is 10.4 Å². The molecule has 4 atom stereocenters. The van der Waals surface area contributed by atoms with Gasteiger partial charge in [0.2, 0.25) is 11.9 Å². The molecule has 2 aliphatic rings. The van der Waals surface area contributed by atoms with E-state index in [4.69, 9.17) is 10.5 Å². The van der Waals surface area contributed by atoms with Gasteiger partial charge in [-0.1, -0.05) is 0 Å². The Kier molecular flexibility index (Phi) is 4.52. The molecule has 12 heteroatoms. The van der Waals surface area contributed by atoms with Crippen molar-refractivity contribution in [1.82, 2.24) is 24.4 Å². The maximum atomic E-state index is 12.3. The number of nitrogens with two attached hydrogens (primary N) is 1. The van der Waals surface area contributed by atoms with Gasteiger partial charge in [-0.25, -0.2) is 4.98 Å². The first-order chi connectivity index (χ1) is 12.9. The lowest BCUT2D eigenvalue weighted by Gasteiger charge is -2.34. The number of piperazine rings is 1. The molecule has 12 nitrogen and oxygen atoms in total. The van der Waals surface area contributed by atoms with Crippen LogP contribution < -0.4 is 16.2 Å². The Morgan fingerprint density at radius 2 is 1.93 bits per heavy atom. The van der Waals surface area contributed by atoms with Gasteiger partial charge >= 0.3 is 0 Å². The Morgan fingerprint density at radius 1 is 1.22 bits per heavy atom. The van der Waals surface area contributed by atoms with E-state index in [-0.39, 0.29) is 17.1 Å². The summed E-state index contributed by atoms with van der Waals surface area (Å²) in [5.74, 6) is 0.307. The van der Waals surface area contributed by atoms with Crippen molar-refractivity contribution in [2.24, 2.45) is 0 Å². The number of aromatic amines is 1. The van der Waals surface area contributed by atoms with Crippen molar-refractivity contribution >= 4 is 23.1 Å². The van der Waals surface area contributed by atoms with Gasteiger partial charge in [0.25, 0.3) is 5.56 Å². The molecule has 0 spiro atoms. The van der Waals surface area contributed by atoms with Crippen LogP contribution in [0.3, 0.4) is 0 Å². The van der Waals surface area contributed by atoms with Gasteiger partial charge in [0.1, 0.15) is 18.3 Å². The van der Waals surface area contributed by atoms with E-state index in [1.165, 1.54) is 4.57 Å². The van der Waals surface area contributed by atoms with Crippen LogP contribution in [0, 0.1) is 0 Å². The van der Waals surface area contributed by atoms with Crippen LogP contribution in [0.5, 0.6) is 0 Å². The van der Waals surface area contributed by atoms with Gasteiger partial charge in [-0.3, -0.25) is 14.3 Å². The normalized spacial score (nSPS) is 29.7. The van der Waals surface area contributed by atoms with Crippen LogP contribution in [-0.2, 0) is 4.74 Å². The number of H-pyrrole nitrogens is 1. The number of fused-ring (bicyclic) bond motifs is 1. The lowest BCUT2D eigenvalue weighted by molar-refractivity contribution is -0.0505. The van der Waals surface area contributed by atoms with Crippen LogP contribution in [0.1, 0.15) is 6.23 Å². The summed E-state index contributed by atoms with van der Waals surface area (Å²) in [6.45, 7) is 2.45. The second-order valence-electron chi connectivity index (χ2n) is 6.92. The number of aromatic nitrogens is 4. The SMILES string of the molecule is CN1CCN(c2nc3c(=O)[nH]c(N)nc3n2[C@H]2O[C@@H](CO)[C@@H](O)[C@@H]2O)CC1. The van der Waals surface area contributed by atoms with E-state index < -0.39 is 36.7 Å². The van der Waals surface area contributed by atoms with Crippen LogP contribution in [-0.4, -0.2) is 97.9 Å². The minimum atomic E-state index is -1.33. The third kappa shape index (κ3) is 2.95. The van der Waals surface area contributed by atoms with E-state index in [9.17, 15) is 20.1 Å². The summed E-state index contributed by atoms with van der Waals surface area (Å²) in [5.41, 5.74) is 5.41. The zero-order valence-corrected chi connectivity index (χ0v) is 14.8. The topological polar surface area (TPSA) is 166 Å². The molecule has 0 bridgehead atoms. The second kappa shape index (κ2) is 6.73. The molecule has 0 amide bonds. The van der Waals surface area contributed by atoms with E-state index in [2.05, 4.69) is 19.9 Å². The standard InChI is InChI=1S/C15H23N7O5/c1-20-2-4-21(5-3-20)15-17-8-11(18-14(16)19-12(8)26)22(15)13-10(25)9(24)7(6-23)27-13/h7,9-10,13,23-25H,2-6H2,1H3,(H3,16,18,19,26)/t7-,9+,10-,13-/m0/s1. The van der Waals surface area contributed by atoms with Crippen LogP contribution >= 0.6 is 0 Å². The number of anilines is 2. The highest BCUT2D eigenvalue weighted by Crippen LogP contribution is 2.35. The molecule has 2 fully saturated rings. The summed E-state index contributed by atoms with van der Waals surface area (Å²) in [4.78, 5) is 27.5. The summed E-state index contributed by atoms with van der Waals surface area (Å²) in [6, 6.07) is 0. The van der Waals surface area contributed by atoms with Gasteiger partial charge in [0.15, 0.2) is 17.4 Å². The number of aliphatic hydroxyl groups excluding tert-OH is 3. The van der Waals surface area contributed by atoms with Crippen LogP contribution in [0.4, 0.5) is 11.9 Å². The Labute approximate surface area is 153 Å². The molecular weight excluding hydrogens is 358 g/mol. The van der Waals surface area contributed by atoms with Crippen molar-refractivity contribution in [1.29, 1.82) is 0 Å². The van der Waals surface area contributed by atoms with Crippen LogP contribution in [0.15, 0.2) is 4.79 Å². The highest BCUT2D eigenvalue weighted by atomic mass is 16.6. The first-order valence-electron chi connectivity index (χ1n) is 8.74. The van der Waals surface area contributed by atoms with Crippen LogP contribution in [0.25, 0.3) is 11.2 Å². The Morgan fingerprint density at radius 3 is 2.56 bits per heavy atom. The number of nitrogen functional groups attached to an aromatic ring is 1. The molecule has 2 aliphatic heterocycles. The molecule has 0 saturated carbocycles. The van der Waals surface area contributed by atoms with Crippen molar-refractivity contribution in [2.75, 3.05) is 50.5 Å². The average molecular weight is 381 g/mol. The van der Waals surface area contributed by atoms with Gasteiger partial charge in [-0.2, -0.15) is 4.98 Å². The zero-order chi connectivity index (χ0) is 19.3. The lowest BCUT2D eigenvalue weighted by Crippen LogP contribution is -2.46. The van der Waals surface area contributed by atoms with Gasteiger partial charge in [0.05, 0.1) is 6.61 Å². The summed E-state index contributed by atoms with van der Waals surface area (Å²) < 4.78 is 7.14. The molecule has 27 heavy (non-hydrogen) atoms. The number of ether oxygens (including phenoxy) is 1. The van der Waals surface area contributed by atoms with Gasteiger partial charge < -0.3 is 35.6 Å². The van der Waals surface area contributed by atoms with Crippen molar-refractivity contribution in [3.8, 4) is 0 Å². The number of imidazole rings is 1. The third-order valence-electron chi connectivity index (χ3n) is 5.11. The van der Waals surface area contributed by atoms with E-state index in [1.807, 2.05) is 11.9 Å². The molecule has 4 rings (SSSR count). The summed E-state index contributed by atoms with van der Waals surface area (Å²) in [7, 11) is 2.01. The maximum Gasteiger partial charge on any atom is 0.280 e. The van der Waals surface area contributed by atoms with Crippen LogP contribution in [0.2, 0.25) is 0 Å². The molecule has 0 aliphatic carbocycles. The number of nitrogens with zero attached hydrogens (tertiary/aromatic N) is 5. The molecule has 0 unspecified atom stereocenters. The molecule has 6 N–H and O–H groups in total. The number of nitrogens with one attached hydrogen (secondary N) is 1. The molecular formula is C15H23N7O5. The first kappa shape index (κ1) is 18.1. The number of aliphatic hydroxyl groups is 3. The van der Waals surface area contributed by atoms with Gasteiger partial charge in [0, 0.05) is 26.2 Å². The van der Waals surface area contributed by atoms with Gasteiger partial charge in [-0.05, 0) is 7.05 Å². The fraction of sp³-hybridized carbons (Fsp3) is 0.667. The number of rotatable bonds is 3.